The summed E-state index contributed by atoms with van der Waals surface area (Å²) in [5, 5.41) is 10.4. The Balaban J connectivity index is 1.14. The van der Waals surface area contributed by atoms with Crippen molar-refractivity contribution in [3.05, 3.63) is 28.8 Å². The molecule has 1 N–H and O–H groups in total. The third-order valence-corrected chi connectivity index (χ3v) is 12.4. The zero-order chi connectivity index (χ0) is 27.1. The molecule has 3 saturated carbocycles. The maximum Gasteiger partial charge on any atom is 0.231 e. The molecule has 0 amide bonds. The molecule has 3 fully saturated rings. The summed E-state index contributed by atoms with van der Waals surface area (Å²) < 4.78 is 17.4. The minimum Gasteiger partial charge on any atom is -0.492 e. The first-order chi connectivity index (χ1) is 18.7. The van der Waals surface area contributed by atoms with Crippen molar-refractivity contribution in [2.75, 3.05) is 27.5 Å². The van der Waals surface area contributed by atoms with Crippen LogP contribution in [0.2, 0.25) is 0 Å². The highest BCUT2D eigenvalue weighted by molar-refractivity contribution is 5.97. The van der Waals surface area contributed by atoms with Gasteiger partial charge in [0.2, 0.25) is 12.5 Å². The Morgan fingerprint density at radius 2 is 2.00 bits per heavy atom. The highest BCUT2D eigenvalue weighted by Crippen LogP contribution is 2.66. The van der Waals surface area contributed by atoms with Crippen molar-refractivity contribution in [1.82, 2.24) is 4.90 Å². The van der Waals surface area contributed by atoms with Gasteiger partial charge in [-0.15, -0.1) is 0 Å². The van der Waals surface area contributed by atoms with Gasteiger partial charge >= 0.3 is 0 Å². The van der Waals surface area contributed by atoms with E-state index >= 15 is 0 Å². The van der Waals surface area contributed by atoms with E-state index in [9.17, 15) is 9.90 Å². The first-order valence-electron chi connectivity index (χ1n) is 15.4. The molecule has 2 heterocycles. The fourth-order valence-corrected chi connectivity index (χ4v) is 10.3. The van der Waals surface area contributed by atoms with Crippen LogP contribution in [-0.2, 0) is 11.2 Å². The molecule has 0 radical (unpaired) electrons. The summed E-state index contributed by atoms with van der Waals surface area (Å²) in [6.07, 6.45) is 12.6. The first-order valence-corrected chi connectivity index (χ1v) is 15.4. The van der Waals surface area contributed by atoms with Gasteiger partial charge in [-0.25, -0.2) is 0 Å². The van der Waals surface area contributed by atoms with Gasteiger partial charge in [-0.05, 0) is 117 Å². The van der Waals surface area contributed by atoms with Gasteiger partial charge < -0.3 is 19.3 Å². The number of rotatable bonds is 4. The van der Waals surface area contributed by atoms with Crippen molar-refractivity contribution in [1.29, 1.82) is 0 Å². The van der Waals surface area contributed by atoms with E-state index in [1.807, 2.05) is 0 Å². The molecule has 2 aliphatic heterocycles. The molecule has 7 rings (SSSR count). The van der Waals surface area contributed by atoms with Crippen LogP contribution in [0.15, 0.2) is 17.7 Å². The number of hydrogen-bond acceptors (Lipinski definition) is 6. The van der Waals surface area contributed by atoms with Crippen molar-refractivity contribution in [2.24, 2.45) is 34.5 Å². The van der Waals surface area contributed by atoms with Crippen molar-refractivity contribution < 1.29 is 24.1 Å². The number of allylic oxidation sites excluding steroid dienone is 2. The maximum atomic E-state index is 14.2. The van der Waals surface area contributed by atoms with Crippen molar-refractivity contribution >= 4 is 5.78 Å². The average Bonchev–Trinajstić information content (AvgIpc) is 3.53. The van der Waals surface area contributed by atoms with Crippen LogP contribution in [0, 0.1) is 34.5 Å². The lowest BCUT2D eigenvalue weighted by Crippen LogP contribution is -2.53. The number of hydrogen-bond donors (Lipinski definition) is 1. The third kappa shape index (κ3) is 3.76. The van der Waals surface area contributed by atoms with Crippen molar-refractivity contribution in [3.63, 3.8) is 0 Å². The van der Waals surface area contributed by atoms with Gasteiger partial charge in [0, 0.05) is 24.6 Å². The van der Waals surface area contributed by atoms with E-state index in [2.05, 4.69) is 37.9 Å². The smallest absolute Gasteiger partial charge is 0.231 e. The molecule has 6 heteroatoms. The summed E-state index contributed by atoms with van der Waals surface area (Å²) >= 11 is 0. The van der Waals surface area contributed by atoms with E-state index < -0.39 is 0 Å². The van der Waals surface area contributed by atoms with Crippen LogP contribution in [0.1, 0.15) is 88.8 Å². The molecular formula is C33H45NO5. The molecule has 0 saturated heterocycles. The predicted molar refractivity (Wildman–Crippen MR) is 149 cm³/mol. The summed E-state index contributed by atoms with van der Waals surface area (Å²) in [7, 11) is 3.82. The standard InChI is InChI=1S/C33H45NO5/c1-32-12-9-21(35)16-20(32)5-6-22-23-7-8-25(33(23,2)13-10-24(22)32)27(36)17-26-29-19(11-14-34(26)3)15-28-30(31(29)37-4)39-18-38-28/h8,15,20-24,26,35H,5-7,9-14,16-18H2,1-4H3/t20-,21+,22-,23+,24+,26-,32-,33-/m0/s1. The molecule has 0 bridgehead atoms. The first kappa shape index (κ1) is 25.9. The zero-order valence-electron chi connectivity index (χ0n) is 24.1. The number of carbonyl (C=O) groups is 1. The Hall–Kier alpha value is -2.05. The maximum absolute atomic E-state index is 14.2. The molecule has 6 aliphatic rings. The zero-order valence-corrected chi connectivity index (χ0v) is 24.1. The van der Waals surface area contributed by atoms with E-state index in [-0.39, 0.29) is 24.4 Å². The lowest BCUT2D eigenvalue weighted by Gasteiger charge is -2.60. The SMILES string of the molecule is COc1c2c(cc3c1[C@H](CC(=O)C1=CC[C@@H]4[C@@H]5CC[C@H]6C[C@H](O)CC[C@]6(C)[C@@H]5CC[C@]14C)N(C)CC3)OCO2. The van der Waals surface area contributed by atoms with Crippen LogP contribution in [0.4, 0.5) is 0 Å². The lowest BCUT2D eigenvalue weighted by atomic mass is 9.44. The molecular weight excluding hydrogens is 490 g/mol. The monoisotopic (exact) mass is 535 g/mol. The molecule has 0 aromatic heterocycles. The number of ether oxygens (including phenoxy) is 3. The molecule has 6 nitrogen and oxygen atoms in total. The van der Waals surface area contributed by atoms with Gasteiger partial charge in [-0.2, -0.15) is 0 Å². The van der Waals surface area contributed by atoms with E-state index in [0.29, 0.717) is 41.1 Å². The molecule has 39 heavy (non-hydrogen) atoms. The molecule has 0 spiro atoms. The number of Topliss-reactive ketones (excluding diaryl/α,β-unsaturated/α-hetero) is 1. The molecule has 1 aromatic carbocycles. The van der Waals surface area contributed by atoms with E-state index in [0.717, 1.165) is 73.6 Å². The van der Waals surface area contributed by atoms with Gasteiger partial charge in [-0.1, -0.05) is 19.9 Å². The summed E-state index contributed by atoms with van der Waals surface area (Å²) in [5.41, 5.74) is 3.73. The highest BCUT2D eigenvalue weighted by Gasteiger charge is 2.59. The number of aliphatic hydroxyl groups excluding tert-OH is 1. The number of methoxy groups -OCH3 is 1. The normalized spacial score (nSPS) is 40.7. The fourth-order valence-electron chi connectivity index (χ4n) is 10.3. The average molecular weight is 536 g/mol. The molecule has 212 valence electrons. The number of nitrogens with zero attached hydrogens (tertiary/aromatic N) is 1. The second-order valence-electron chi connectivity index (χ2n) is 14.0. The number of ketones is 1. The Bertz CT molecular complexity index is 1210. The summed E-state index contributed by atoms with van der Waals surface area (Å²) in [5.74, 6) is 5.12. The van der Waals surface area contributed by atoms with Gasteiger partial charge in [0.25, 0.3) is 0 Å². The van der Waals surface area contributed by atoms with Crippen LogP contribution < -0.4 is 14.2 Å². The van der Waals surface area contributed by atoms with E-state index in [1.54, 1.807) is 7.11 Å². The Morgan fingerprint density at radius 1 is 1.15 bits per heavy atom. The second-order valence-corrected chi connectivity index (χ2v) is 14.0. The summed E-state index contributed by atoms with van der Waals surface area (Å²) in [6, 6.07) is 2.06. The van der Waals surface area contributed by atoms with E-state index in [4.69, 9.17) is 14.2 Å². The number of likely N-dealkylation sites (N-methyl/N-ethyl adjacent to an activating group) is 1. The number of benzene rings is 1. The summed E-state index contributed by atoms with van der Waals surface area (Å²) in [4.78, 5) is 16.5. The number of aliphatic hydroxyl groups is 1. The van der Waals surface area contributed by atoms with Crippen LogP contribution in [-0.4, -0.2) is 49.4 Å². The Morgan fingerprint density at radius 3 is 2.82 bits per heavy atom. The summed E-state index contributed by atoms with van der Waals surface area (Å²) in [6.45, 7) is 6.06. The minimum absolute atomic E-state index is 0.0231. The van der Waals surface area contributed by atoms with Gasteiger partial charge in [0.05, 0.1) is 13.2 Å². The van der Waals surface area contributed by atoms with Crippen LogP contribution in [0.25, 0.3) is 0 Å². The van der Waals surface area contributed by atoms with Gasteiger partial charge in [-0.3, -0.25) is 9.69 Å². The van der Waals surface area contributed by atoms with Crippen molar-refractivity contribution in [2.45, 2.75) is 90.2 Å². The van der Waals surface area contributed by atoms with Crippen molar-refractivity contribution in [3.8, 4) is 17.2 Å². The number of carbonyl (C=O) groups excluding carboxylic acids is 1. The Kier molecular flexibility index (Phi) is 6.13. The molecule has 4 aliphatic carbocycles. The third-order valence-electron chi connectivity index (χ3n) is 12.4. The molecule has 8 atom stereocenters. The Labute approximate surface area is 233 Å². The predicted octanol–water partition coefficient (Wildman–Crippen LogP) is 5.85. The molecule has 1 aromatic rings. The second kappa shape index (κ2) is 9.24. The minimum atomic E-state index is -0.104. The number of fused-ring (bicyclic) bond motifs is 7. The van der Waals surface area contributed by atoms with Crippen LogP contribution in [0.5, 0.6) is 17.2 Å². The quantitative estimate of drug-likeness (QED) is 0.522. The van der Waals surface area contributed by atoms with Gasteiger partial charge in [0.15, 0.2) is 17.3 Å². The lowest BCUT2D eigenvalue weighted by molar-refractivity contribution is -0.126. The van der Waals surface area contributed by atoms with Crippen LogP contribution in [0.3, 0.4) is 0 Å². The van der Waals surface area contributed by atoms with E-state index in [1.165, 1.54) is 24.8 Å². The van der Waals surface area contributed by atoms with Gasteiger partial charge in [0.1, 0.15) is 0 Å². The molecule has 0 unspecified atom stereocenters. The van der Waals surface area contributed by atoms with Crippen LogP contribution >= 0.6 is 0 Å². The fraction of sp³-hybridized carbons (Fsp3) is 0.727. The highest BCUT2D eigenvalue weighted by atomic mass is 16.7. The topological polar surface area (TPSA) is 68.2 Å². The largest absolute Gasteiger partial charge is 0.492 e.